The highest BCUT2D eigenvalue weighted by Gasteiger charge is 2.34. The predicted octanol–water partition coefficient (Wildman–Crippen LogP) is 4.03. The van der Waals surface area contributed by atoms with Gasteiger partial charge >= 0.3 is 6.18 Å². The molecule has 2 amide bonds. The standard InChI is InChI=1S/C22H16F3N7O2/c23-22(24,25)21-27-9-15(10-28-21)30-20(34)18-16-6-12(3-4-17(16)31-32-18)13-5-14(8-26-7-13)29-19(33)11-1-2-11/h3-11H,1-2H2,(H,29,33)(H,30,34)(H,31,32). The van der Waals surface area contributed by atoms with Gasteiger partial charge < -0.3 is 10.6 Å². The van der Waals surface area contributed by atoms with Crippen molar-refractivity contribution in [1.82, 2.24) is 25.1 Å². The molecule has 3 heterocycles. The Morgan fingerprint density at radius 1 is 0.941 bits per heavy atom. The monoisotopic (exact) mass is 467 g/mol. The fourth-order valence-electron chi connectivity index (χ4n) is 3.35. The van der Waals surface area contributed by atoms with Crippen molar-refractivity contribution in [3.63, 3.8) is 0 Å². The zero-order chi connectivity index (χ0) is 23.9. The van der Waals surface area contributed by atoms with Gasteiger partial charge in [-0.2, -0.15) is 18.3 Å². The van der Waals surface area contributed by atoms with Crippen LogP contribution in [0.5, 0.6) is 0 Å². The number of alkyl halides is 3. The molecule has 1 fully saturated rings. The Hall–Kier alpha value is -4.35. The van der Waals surface area contributed by atoms with Crippen LogP contribution in [0.25, 0.3) is 22.0 Å². The van der Waals surface area contributed by atoms with Gasteiger partial charge in [-0.3, -0.25) is 19.7 Å². The van der Waals surface area contributed by atoms with Gasteiger partial charge in [0.05, 0.1) is 35.5 Å². The van der Waals surface area contributed by atoms with Crippen molar-refractivity contribution in [3.8, 4) is 11.1 Å². The highest BCUT2D eigenvalue weighted by molar-refractivity contribution is 6.11. The first kappa shape index (κ1) is 21.5. The number of H-pyrrole nitrogens is 1. The smallest absolute Gasteiger partial charge is 0.324 e. The highest BCUT2D eigenvalue weighted by Crippen LogP contribution is 2.31. The van der Waals surface area contributed by atoms with E-state index in [2.05, 4.69) is 35.8 Å². The first-order valence-electron chi connectivity index (χ1n) is 10.2. The quantitative estimate of drug-likeness (QED) is 0.407. The Balaban J connectivity index is 1.39. The summed E-state index contributed by atoms with van der Waals surface area (Å²) in [5.41, 5.74) is 2.65. The van der Waals surface area contributed by atoms with Gasteiger partial charge in [-0.15, -0.1) is 0 Å². The molecule has 3 aromatic heterocycles. The largest absolute Gasteiger partial charge is 0.451 e. The van der Waals surface area contributed by atoms with Gasteiger partial charge in [0.15, 0.2) is 5.69 Å². The normalized spacial score (nSPS) is 13.6. The maximum absolute atomic E-state index is 12.7. The number of nitrogens with one attached hydrogen (secondary N) is 3. The zero-order valence-corrected chi connectivity index (χ0v) is 17.3. The summed E-state index contributed by atoms with van der Waals surface area (Å²) in [6.45, 7) is 0. The number of benzene rings is 1. The summed E-state index contributed by atoms with van der Waals surface area (Å²) in [5.74, 6) is -1.92. The van der Waals surface area contributed by atoms with Crippen LogP contribution in [-0.2, 0) is 11.0 Å². The average molecular weight is 467 g/mol. The summed E-state index contributed by atoms with van der Waals surface area (Å²) < 4.78 is 37.9. The fraction of sp³-hybridized carbons (Fsp3) is 0.182. The minimum Gasteiger partial charge on any atom is -0.324 e. The lowest BCUT2D eigenvalue weighted by Crippen LogP contribution is -2.15. The zero-order valence-electron chi connectivity index (χ0n) is 17.3. The van der Waals surface area contributed by atoms with Gasteiger partial charge in [-0.1, -0.05) is 6.07 Å². The Labute approximate surface area is 189 Å². The molecule has 0 aliphatic heterocycles. The van der Waals surface area contributed by atoms with E-state index in [4.69, 9.17) is 0 Å². The van der Waals surface area contributed by atoms with Crippen LogP contribution in [0.3, 0.4) is 0 Å². The summed E-state index contributed by atoms with van der Waals surface area (Å²) in [7, 11) is 0. The van der Waals surface area contributed by atoms with Crippen LogP contribution in [0.15, 0.2) is 49.1 Å². The topological polar surface area (TPSA) is 126 Å². The van der Waals surface area contributed by atoms with Crippen LogP contribution in [0, 0.1) is 5.92 Å². The van der Waals surface area contributed by atoms with Crippen LogP contribution < -0.4 is 10.6 Å². The molecular formula is C22H16F3N7O2. The summed E-state index contributed by atoms with van der Waals surface area (Å²) >= 11 is 0. The number of anilines is 2. The van der Waals surface area contributed by atoms with E-state index in [9.17, 15) is 22.8 Å². The van der Waals surface area contributed by atoms with E-state index in [1.165, 1.54) is 0 Å². The third-order valence-corrected chi connectivity index (χ3v) is 5.23. The van der Waals surface area contributed by atoms with Crippen LogP contribution in [0.2, 0.25) is 0 Å². The van der Waals surface area contributed by atoms with E-state index < -0.39 is 17.9 Å². The number of carbonyl (C=O) groups excluding carboxylic acids is 2. The van der Waals surface area contributed by atoms with Crippen molar-refractivity contribution in [3.05, 3.63) is 60.6 Å². The molecule has 0 unspecified atom stereocenters. The molecule has 4 aromatic rings. The molecule has 1 saturated carbocycles. The number of aromatic amines is 1. The lowest BCUT2D eigenvalue weighted by atomic mass is 10.0. The van der Waals surface area contributed by atoms with Crippen molar-refractivity contribution < 1.29 is 22.8 Å². The highest BCUT2D eigenvalue weighted by atomic mass is 19.4. The van der Waals surface area contributed by atoms with Gasteiger partial charge in [-0.25, -0.2) is 9.97 Å². The van der Waals surface area contributed by atoms with Gasteiger partial charge in [-0.05, 0) is 36.6 Å². The van der Waals surface area contributed by atoms with Crippen LogP contribution in [0.1, 0.15) is 29.2 Å². The number of hydrogen-bond donors (Lipinski definition) is 3. The van der Waals surface area contributed by atoms with E-state index in [0.717, 1.165) is 36.4 Å². The lowest BCUT2D eigenvalue weighted by Gasteiger charge is -2.08. The van der Waals surface area contributed by atoms with Crippen LogP contribution >= 0.6 is 0 Å². The number of pyridine rings is 1. The molecule has 0 atom stereocenters. The maximum atomic E-state index is 12.7. The first-order chi connectivity index (χ1) is 16.3. The SMILES string of the molecule is O=C(Nc1cnc(C(F)(F)F)nc1)c1n[nH]c2ccc(-c3cncc(NC(=O)C4CC4)c3)cc12. The van der Waals surface area contributed by atoms with Crippen molar-refractivity contribution in [2.45, 2.75) is 19.0 Å². The second-order valence-electron chi connectivity index (χ2n) is 7.81. The summed E-state index contributed by atoms with van der Waals surface area (Å²) in [4.78, 5) is 35.4. The predicted molar refractivity (Wildman–Crippen MR) is 116 cm³/mol. The fourth-order valence-corrected chi connectivity index (χ4v) is 3.35. The Bertz CT molecular complexity index is 1400. The number of rotatable bonds is 5. The molecule has 0 spiro atoms. The number of carbonyl (C=O) groups is 2. The number of nitrogens with zero attached hydrogens (tertiary/aromatic N) is 4. The molecule has 3 N–H and O–H groups in total. The minimum atomic E-state index is -4.68. The Morgan fingerprint density at radius 2 is 1.71 bits per heavy atom. The van der Waals surface area contributed by atoms with E-state index in [0.29, 0.717) is 16.6 Å². The molecule has 0 bridgehead atoms. The third-order valence-electron chi connectivity index (χ3n) is 5.23. The number of halogens is 3. The number of aromatic nitrogens is 5. The molecule has 34 heavy (non-hydrogen) atoms. The van der Waals surface area contributed by atoms with E-state index >= 15 is 0 Å². The summed E-state index contributed by atoms with van der Waals surface area (Å²) in [5, 5.41) is 12.6. The molecule has 1 aliphatic carbocycles. The van der Waals surface area contributed by atoms with Gasteiger partial charge in [0.25, 0.3) is 5.91 Å². The van der Waals surface area contributed by atoms with E-state index in [1.807, 2.05) is 6.07 Å². The lowest BCUT2D eigenvalue weighted by molar-refractivity contribution is -0.145. The molecule has 1 aliphatic rings. The molecule has 5 rings (SSSR count). The molecule has 172 valence electrons. The molecule has 0 saturated heterocycles. The molecule has 0 radical (unpaired) electrons. The first-order valence-corrected chi connectivity index (χ1v) is 10.2. The summed E-state index contributed by atoms with van der Waals surface area (Å²) in [6, 6.07) is 7.08. The summed E-state index contributed by atoms with van der Waals surface area (Å²) in [6.07, 6.45) is 2.05. The maximum Gasteiger partial charge on any atom is 0.451 e. The molecule has 12 heteroatoms. The number of amides is 2. The van der Waals surface area contributed by atoms with Crippen LogP contribution in [-0.4, -0.2) is 37.0 Å². The Kier molecular flexibility index (Phi) is 5.19. The van der Waals surface area contributed by atoms with Gasteiger partial charge in [0.1, 0.15) is 0 Å². The third kappa shape index (κ3) is 4.42. The van der Waals surface area contributed by atoms with Crippen molar-refractivity contribution >= 4 is 34.1 Å². The van der Waals surface area contributed by atoms with Crippen molar-refractivity contribution in [1.29, 1.82) is 0 Å². The number of hydrogen-bond acceptors (Lipinski definition) is 6. The molecule has 9 nitrogen and oxygen atoms in total. The second kappa shape index (κ2) is 8.21. The minimum absolute atomic E-state index is 0.00592. The van der Waals surface area contributed by atoms with Gasteiger partial charge in [0, 0.05) is 23.1 Å². The Morgan fingerprint density at radius 3 is 2.41 bits per heavy atom. The average Bonchev–Trinajstić information content (AvgIpc) is 3.58. The van der Waals surface area contributed by atoms with Crippen molar-refractivity contribution in [2.24, 2.45) is 5.92 Å². The van der Waals surface area contributed by atoms with Crippen molar-refractivity contribution in [2.75, 3.05) is 10.6 Å². The van der Waals surface area contributed by atoms with Gasteiger partial charge in [0.2, 0.25) is 11.7 Å². The second-order valence-corrected chi connectivity index (χ2v) is 7.81. The number of fused-ring (bicyclic) bond motifs is 1. The van der Waals surface area contributed by atoms with E-state index in [1.54, 1.807) is 30.6 Å². The molecule has 1 aromatic carbocycles. The van der Waals surface area contributed by atoms with Crippen LogP contribution in [0.4, 0.5) is 24.5 Å². The molecular weight excluding hydrogens is 451 g/mol. The van der Waals surface area contributed by atoms with E-state index in [-0.39, 0.29) is 23.2 Å².